The van der Waals surface area contributed by atoms with Gasteiger partial charge in [-0.15, -0.1) is 0 Å². The van der Waals surface area contributed by atoms with Crippen molar-refractivity contribution in [1.82, 2.24) is 0 Å². The summed E-state index contributed by atoms with van der Waals surface area (Å²) < 4.78 is 0. The second kappa shape index (κ2) is 5.17. The molecule has 0 saturated heterocycles. The average molecular weight is 171 g/mol. The lowest BCUT2D eigenvalue weighted by Crippen LogP contribution is -2.30. The third-order valence-corrected chi connectivity index (χ3v) is 1.22. The summed E-state index contributed by atoms with van der Waals surface area (Å²) in [4.78, 5) is 23.3. The number of Topliss-reactive ketones (excluding diaryl/α,β-unsaturated/α-hetero) is 1. The Kier molecular flexibility index (Phi) is 4.52. The molecule has 0 unspecified atom stereocenters. The third-order valence-electron chi connectivity index (χ3n) is 1.22. The maximum absolute atomic E-state index is 10.6. The molecule has 66 valence electrons. The molecule has 0 aromatic heterocycles. The van der Waals surface area contributed by atoms with Crippen LogP contribution >= 0.6 is 0 Å². The normalized spacial score (nSPS) is 11.4. The van der Waals surface area contributed by atoms with Crippen LogP contribution in [0.25, 0.3) is 5.53 Å². The highest BCUT2D eigenvalue weighted by Crippen LogP contribution is 1.94. The number of rotatable bonds is 5. The SMILES string of the molecule is [N-]=[N+]=CC(=O)CC[C@@H](N)C(=O)O. The number of carbonyl (C=O) groups excluding carboxylic acids is 1. The summed E-state index contributed by atoms with van der Waals surface area (Å²) in [5.74, 6) is -1.60. The molecule has 0 saturated carbocycles. The highest BCUT2D eigenvalue weighted by molar-refractivity contribution is 6.25. The van der Waals surface area contributed by atoms with Gasteiger partial charge in [0.15, 0.2) is 0 Å². The number of carboxylic acid groups (broad SMARTS) is 1. The molecule has 0 aliphatic carbocycles. The van der Waals surface area contributed by atoms with E-state index < -0.39 is 17.8 Å². The van der Waals surface area contributed by atoms with Crippen LogP contribution in [-0.2, 0) is 9.59 Å². The van der Waals surface area contributed by atoms with E-state index in [1.165, 1.54) is 0 Å². The predicted molar refractivity (Wildman–Crippen MR) is 39.5 cm³/mol. The van der Waals surface area contributed by atoms with Crippen molar-refractivity contribution in [3.8, 4) is 0 Å². The van der Waals surface area contributed by atoms with Gasteiger partial charge in [0.25, 0.3) is 0 Å². The molecule has 12 heavy (non-hydrogen) atoms. The van der Waals surface area contributed by atoms with Gasteiger partial charge in [0.1, 0.15) is 6.04 Å². The number of aliphatic carboxylic acids is 1. The van der Waals surface area contributed by atoms with Crippen molar-refractivity contribution in [3.63, 3.8) is 0 Å². The molecule has 0 aliphatic rings. The van der Waals surface area contributed by atoms with Crippen LogP contribution in [0.5, 0.6) is 0 Å². The van der Waals surface area contributed by atoms with E-state index in [1.807, 2.05) is 0 Å². The Labute approximate surface area is 68.6 Å². The Morgan fingerprint density at radius 3 is 2.67 bits per heavy atom. The molecule has 1 atom stereocenters. The first-order valence-corrected chi connectivity index (χ1v) is 3.26. The smallest absolute Gasteiger partial charge is 0.323 e. The second-order valence-electron chi connectivity index (χ2n) is 2.19. The lowest BCUT2D eigenvalue weighted by atomic mass is 10.1. The Morgan fingerprint density at radius 1 is 1.67 bits per heavy atom. The fourth-order valence-corrected chi connectivity index (χ4v) is 0.550. The molecule has 3 N–H and O–H groups in total. The van der Waals surface area contributed by atoms with Gasteiger partial charge < -0.3 is 16.4 Å². The van der Waals surface area contributed by atoms with Crippen LogP contribution in [0.15, 0.2) is 0 Å². The van der Waals surface area contributed by atoms with Crippen molar-refractivity contribution >= 4 is 18.0 Å². The van der Waals surface area contributed by atoms with Crippen LogP contribution in [0.2, 0.25) is 0 Å². The van der Waals surface area contributed by atoms with Crippen LogP contribution in [0.4, 0.5) is 0 Å². The van der Waals surface area contributed by atoms with Crippen LogP contribution in [0.1, 0.15) is 12.8 Å². The molecule has 6 heteroatoms. The van der Waals surface area contributed by atoms with Crippen LogP contribution in [0.3, 0.4) is 0 Å². The summed E-state index contributed by atoms with van der Waals surface area (Å²) in [6.07, 6.45) is 0.728. The highest BCUT2D eigenvalue weighted by atomic mass is 16.4. The Hall–Kier alpha value is -1.52. The summed E-state index contributed by atoms with van der Waals surface area (Å²) in [6, 6.07) is -1.04. The van der Waals surface area contributed by atoms with Gasteiger partial charge in [-0.2, -0.15) is 4.79 Å². The minimum absolute atomic E-state index is 0.0302. The number of nitrogens with two attached hydrogens (primary N) is 1. The van der Waals surface area contributed by atoms with E-state index in [9.17, 15) is 9.59 Å². The van der Waals surface area contributed by atoms with Crippen molar-refractivity contribution in [2.45, 2.75) is 18.9 Å². The molecule has 0 heterocycles. The molecule has 0 aliphatic heterocycles. The summed E-state index contributed by atoms with van der Waals surface area (Å²) >= 11 is 0. The van der Waals surface area contributed by atoms with Gasteiger partial charge >= 0.3 is 12.2 Å². The lowest BCUT2D eigenvalue weighted by molar-refractivity contribution is -0.138. The molecule has 0 aromatic rings. The van der Waals surface area contributed by atoms with Crippen LogP contribution in [-0.4, -0.2) is 33.9 Å². The summed E-state index contributed by atoms with van der Waals surface area (Å²) in [5, 5.41) is 8.31. The molecule has 0 amide bonds. The topological polar surface area (TPSA) is 117 Å². The van der Waals surface area contributed by atoms with Gasteiger partial charge in [0, 0.05) is 6.42 Å². The fraction of sp³-hybridized carbons (Fsp3) is 0.500. The molecule has 0 spiro atoms. The predicted octanol–water partition coefficient (Wildman–Crippen LogP) is -0.952. The minimum Gasteiger partial charge on any atom is -0.480 e. The highest BCUT2D eigenvalue weighted by Gasteiger charge is 2.13. The van der Waals surface area contributed by atoms with Gasteiger partial charge in [-0.25, -0.2) is 0 Å². The van der Waals surface area contributed by atoms with E-state index in [0.717, 1.165) is 0 Å². The maximum atomic E-state index is 10.6. The molecule has 0 rings (SSSR count). The molecule has 0 radical (unpaired) electrons. The van der Waals surface area contributed by atoms with Gasteiger partial charge in [-0.05, 0) is 6.42 Å². The molecular formula is C6H9N3O3. The van der Waals surface area contributed by atoms with Gasteiger partial charge in [-0.3, -0.25) is 9.59 Å². The summed E-state index contributed by atoms with van der Waals surface area (Å²) in [7, 11) is 0. The molecule has 0 bridgehead atoms. The fourth-order valence-electron chi connectivity index (χ4n) is 0.550. The minimum atomic E-state index is -1.15. The van der Waals surface area contributed by atoms with Crippen molar-refractivity contribution < 1.29 is 19.5 Å². The zero-order chi connectivity index (χ0) is 9.56. The van der Waals surface area contributed by atoms with Gasteiger partial charge in [0.05, 0.1) is 0 Å². The molecule has 0 fully saturated rings. The van der Waals surface area contributed by atoms with E-state index in [4.69, 9.17) is 16.4 Å². The first-order valence-electron chi connectivity index (χ1n) is 3.26. The number of carboxylic acids is 1. The first kappa shape index (κ1) is 10.5. The van der Waals surface area contributed by atoms with Crippen molar-refractivity contribution in [2.75, 3.05) is 0 Å². The molecule has 6 nitrogen and oxygen atoms in total. The van der Waals surface area contributed by atoms with E-state index in [2.05, 4.69) is 4.79 Å². The Morgan fingerprint density at radius 2 is 2.25 bits per heavy atom. The number of hydrogen-bond donors (Lipinski definition) is 2. The van der Waals surface area contributed by atoms with E-state index >= 15 is 0 Å². The van der Waals surface area contributed by atoms with E-state index in [1.54, 1.807) is 0 Å². The Balaban J connectivity index is 3.75. The molecular weight excluding hydrogens is 162 g/mol. The zero-order valence-corrected chi connectivity index (χ0v) is 6.30. The third kappa shape index (κ3) is 4.32. The van der Waals surface area contributed by atoms with Crippen LogP contribution < -0.4 is 5.73 Å². The van der Waals surface area contributed by atoms with Crippen molar-refractivity contribution in [2.24, 2.45) is 5.73 Å². The zero-order valence-electron chi connectivity index (χ0n) is 6.30. The average Bonchev–Trinajstić information content (AvgIpc) is 2.00. The van der Waals surface area contributed by atoms with E-state index in [0.29, 0.717) is 6.21 Å². The second-order valence-corrected chi connectivity index (χ2v) is 2.19. The lowest BCUT2D eigenvalue weighted by Gasteiger charge is -2.01. The number of nitrogens with zero attached hydrogens (tertiary/aromatic N) is 2. The number of ketones is 1. The number of carbonyl (C=O) groups is 2. The number of hydrogen-bond acceptors (Lipinski definition) is 3. The van der Waals surface area contributed by atoms with Crippen LogP contribution in [0, 0.1) is 0 Å². The molecule has 0 aromatic carbocycles. The first-order chi connectivity index (χ1) is 5.57. The van der Waals surface area contributed by atoms with Crippen molar-refractivity contribution in [1.29, 1.82) is 0 Å². The van der Waals surface area contributed by atoms with Gasteiger partial charge in [0.2, 0.25) is 5.78 Å². The van der Waals surface area contributed by atoms with Gasteiger partial charge in [-0.1, -0.05) is 0 Å². The summed E-state index contributed by atoms with van der Waals surface area (Å²) in [6.45, 7) is 0. The summed E-state index contributed by atoms with van der Waals surface area (Å²) in [5.41, 5.74) is 13.0. The largest absolute Gasteiger partial charge is 0.480 e. The monoisotopic (exact) mass is 171 g/mol. The quantitative estimate of drug-likeness (QED) is 0.315. The van der Waals surface area contributed by atoms with Crippen molar-refractivity contribution in [3.05, 3.63) is 5.53 Å². The maximum Gasteiger partial charge on any atom is 0.323 e. The Bertz CT molecular complexity index is 232. The van der Waals surface area contributed by atoms with E-state index in [-0.39, 0.29) is 12.8 Å². The standard InChI is InChI=1S/C6H9N3O3/c7-5(6(11)12)2-1-4(10)3-9-8/h3,5H,1-2,7H2,(H,11,12)/t5-/m1/s1.